The number of ether oxygens (including phenoxy) is 1. The third kappa shape index (κ3) is 4.62. The molecular formula is C28H39F2N5O2. The van der Waals surface area contributed by atoms with Crippen LogP contribution in [0.4, 0.5) is 20.3 Å². The van der Waals surface area contributed by atoms with Crippen molar-refractivity contribution in [2.75, 3.05) is 62.2 Å². The molecule has 7 nitrogen and oxygen atoms in total. The summed E-state index contributed by atoms with van der Waals surface area (Å²) in [6.45, 7) is 10.0. The average molecular weight is 516 g/mol. The molecule has 0 N–H and O–H groups in total. The van der Waals surface area contributed by atoms with E-state index in [9.17, 15) is 13.6 Å². The van der Waals surface area contributed by atoms with Crippen LogP contribution < -0.4 is 9.80 Å². The van der Waals surface area contributed by atoms with Gasteiger partial charge in [-0.15, -0.1) is 0 Å². The number of amides is 1. The molecular weight excluding hydrogens is 476 g/mol. The van der Waals surface area contributed by atoms with Gasteiger partial charge in [-0.05, 0) is 57.4 Å². The Kier molecular flexibility index (Phi) is 6.86. The number of piperidine rings is 1. The van der Waals surface area contributed by atoms with Gasteiger partial charge in [0.2, 0.25) is 5.91 Å². The fraction of sp³-hybridized carbons (Fsp3) is 0.714. The van der Waals surface area contributed by atoms with Gasteiger partial charge in [0.05, 0.1) is 5.60 Å². The van der Waals surface area contributed by atoms with Crippen LogP contribution in [0.5, 0.6) is 0 Å². The lowest BCUT2D eigenvalue weighted by Crippen LogP contribution is -2.69. The zero-order valence-electron chi connectivity index (χ0n) is 21.7. The third-order valence-corrected chi connectivity index (χ3v) is 9.49. The van der Waals surface area contributed by atoms with Crippen molar-refractivity contribution >= 4 is 17.4 Å². The van der Waals surface area contributed by atoms with Crippen molar-refractivity contribution in [1.29, 1.82) is 0 Å². The summed E-state index contributed by atoms with van der Waals surface area (Å²) in [5.41, 5.74) is 1.66. The number of pyridine rings is 1. The first kappa shape index (κ1) is 25.0. The number of alkyl halides is 2. The van der Waals surface area contributed by atoms with Crippen molar-refractivity contribution < 1.29 is 18.3 Å². The van der Waals surface area contributed by atoms with Crippen LogP contribution in [-0.4, -0.2) is 90.8 Å². The Morgan fingerprint density at radius 3 is 2.54 bits per heavy atom. The maximum atomic E-state index is 14.3. The van der Waals surface area contributed by atoms with Crippen LogP contribution in [0.15, 0.2) is 18.7 Å². The fourth-order valence-corrected chi connectivity index (χ4v) is 7.27. The number of fused-ring (bicyclic) bond motifs is 3. The second-order valence-electron chi connectivity index (χ2n) is 11.4. The first-order chi connectivity index (χ1) is 18.0. The SMILES string of the molecule is C=CC(=O)N1CCN(C2CN3c4cc(N5CCC6(CCCCO6)CC5)nc(C(F)F)c4CCCC23)CC1. The smallest absolute Gasteiger partial charge is 0.280 e. The normalized spacial score (nSPS) is 27.9. The fourth-order valence-electron chi connectivity index (χ4n) is 7.27. The summed E-state index contributed by atoms with van der Waals surface area (Å²) in [5.74, 6) is 0.692. The van der Waals surface area contributed by atoms with E-state index in [0.29, 0.717) is 37.4 Å². The molecule has 1 aromatic rings. The van der Waals surface area contributed by atoms with Crippen LogP contribution in [0.25, 0.3) is 0 Å². The number of hydrogen-bond acceptors (Lipinski definition) is 6. The Labute approximate surface area is 218 Å². The maximum absolute atomic E-state index is 14.3. The minimum absolute atomic E-state index is 0.00322. The van der Waals surface area contributed by atoms with Crippen molar-refractivity contribution in [2.45, 2.75) is 75.5 Å². The number of carbonyl (C=O) groups excluding carboxylic acids is 1. The lowest BCUT2D eigenvalue weighted by atomic mass is 9.84. The van der Waals surface area contributed by atoms with Crippen molar-refractivity contribution in [3.8, 4) is 0 Å². The number of rotatable bonds is 4. The summed E-state index contributed by atoms with van der Waals surface area (Å²) in [6.07, 6.45) is 6.68. The standard InChI is InChI=1S/C28H39F2N5O2/c1-2-25(36)34-15-13-32(14-16-34)23-19-35-21(23)7-5-6-20-22(35)18-24(31-26(20)27(29)30)33-11-9-28(10-12-33)8-3-4-17-37-28/h2,18,21,23,27H,1,3-17,19H2. The summed E-state index contributed by atoms with van der Waals surface area (Å²) in [7, 11) is 0. The summed E-state index contributed by atoms with van der Waals surface area (Å²) in [6, 6.07) is 2.82. The minimum Gasteiger partial charge on any atom is -0.375 e. The molecule has 6 rings (SSSR count). The highest BCUT2D eigenvalue weighted by molar-refractivity contribution is 5.87. The van der Waals surface area contributed by atoms with Crippen LogP contribution in [0.1, 0.15) is 62.6 Å². The highest BCUT2D eigenvalue weighted by Gasteiger charge is 2.46. The second-order valence-corrected chi connectivity index (χ2v) is 11.4. The van der Waals surface area contributed by atoms with Gasteiger partial charge in [0.25, 0.3) is 6.43 Å². The van der Waals surface area contributed by atoms with Gasteiger partial charge < -0.3 is 19.4 Å². The van der Waals surface area contributed by atoms with Crippen molar-refractivity contribution in [2.24, 2.45) is 0 Å². The summed E-state index contributed by atoms with van der Waals surface area (Å²) >= 11 is 0. The molecule has 0 bridgehead atoms. The van der Waals surface area contributed by atoms with Gasteiger partial charge in [-0.25, -0.2) is 13.8 Å². The molecule has 6 heterocycles. The van der Waals surface area contributed by atoms with E-state index in [1.807, 2.05) is 4.90 Å². The summed E-state index contributed by atoms with van der Waals surface area (Å²) < 4.78 is 34.8. The monoisotopic (exact) mass is 515 g/mol. The van der Waals surface area contributed by atoms with E-state index in [4.69, 9.17) is 4.74 Å². The molecule has 1 aromatic heterocycles. The Hall–Kier alpha value is -2.26. The number of aromatic nitrogens is 1. The summed E-state index contributed by atoms with van der Waals surface area (Å²) in [5, 5.41) is 0. The van der Waals surface area contributed by atoms with Gasteiger partial charge in [-0.1, -0.05) is 6.58 Å². The van der Waals surface area contributed by atoms with Crippen LogP contribution in [0.3, 0.4) is 0 Å². The van der Waals surface area contributed by atoms with Gasteiger partial charge in [-0.3, -0.25) is 9.69 Å². The number of halogens is 2. The first-order valence-corrected chi connectivity index (χ1v) is 14.1. The quantitative estimate of drug-likeness (QED) is 0.569. The van der Waals surface area contributed by atoms with Crippen LogP contribution in [0.2, 0.25) is 0 Å². The number of carbonyl (C=O) groups is 1. The molecule has 5 aliphatic heterocycles. The van der Waals surface area contributed by atoms with E-state index >= 15 is 0 Å². The van der Waals surface area contributed by atoms with Gasteiger partial charge in [0.1, 0.15) is 11.5 Å². The van der Waals surface area contributed by atoms with Gasteiger partial charge in [0, 0.05) is 81.8 Å². The number of nitrogens with zero attached hydrogens (tertiary/aromatic N) is 5. The van der Waals surface area contributed by atoms with Crippen molar-refractivity contribution in [3.05, 3.63) is 30.0 Å². The highest BCUT2D eigenvalue weighted by atomic mass is 19.3. The number of piperazine rings is 1. The molecule has 9 heteroatoms. The molecule has 37 heavy (non-hydrogen) atoms. The predicted octanol–water partition coefficient (Wildman–Crippen LogP) is 3.78. The van der Waals surface area contributed by atoms with Crippen molar-refractivity contribution in [3.63, 3.8) is 0 Å². The Morgan fingerprint density at radius 1 is 1.08 bits per heavy atom. The van der Waals surface area contributed by atoms with Gasteiger partial charge in [-0.2, -0.15) is 0 Å². The molecule has 4 saturated heterocycles. The predicted molar refractivity (Wildman–Crippen MR) is 139 cm³/mol. The van der Waals surface area contributed by atoms with Gasteiger partial charge in [0.15, 0.2) is 0 Å². The zero-order valence-corrected chi connectivity index (χ0v) is 21.7. The molecule has 4 fully saturated rings. The Morgan fingerprint density at radius 2 is 1.86 bits per heavy atom. The Balaban J connectivity index is 1.20. The molecule has 202 valence electrons. The summed E-state index contributed by atoms with van der Waals surface area (Å²) in [4.78, 5) is 25.4. The molecule has 1 amide bonds. The molecule has 2 unspecified atom stereocenters. The zero-order chi connectivity index (χ0) is 25.6. The van der Waals surface area contributed by atoms with E-state index in [-0.39, 0.29) is 17.2 Å². The highest BCUT2D eigenvalue weighted by Crippen LogP contribution is 2.44. The lowest BCUT2D eigenvalue weighted by Gasteiger charge is -2.55. The topological polar surface area (TPSA) is 52.2 Å². The maximum Gasteiger partial charge on any atom is 0.280 e. The number of anilines is 2. The van der Waals surface area contributed by atoms with E-state index in [2.05, 4.69) is 32.3 Å². The van der Waals surface area contributed by atoms with E-state index in [1.165, 1.54) is 12.5 Å². The van der Waals surface area contributed by atoms with Gasteiger partial charge >= 0.3 is 0 Å². The molecule has 1 spiro atoms. The second kappa shape index (κ2) is 10.1. The third-order valence-electron chi connectivity index (χ3n) is 9.49. The lowest BCUT2D eigenvalue weighted by molar-refractivity contribution is -0.128. The number of hydrogen-bond donors (Lipinski definition) is 0. The van der Waals surface area contributed by atoms with Crippen LogP contribution in [0, 0.1) is 0 Å². The van der Waals surface area contributed by atoms with Crippen molar-refractivity contribution in [1.82, 2.24) is 14.8 Å². The first-order valence-electron chi connectivity index (χ1n) is 14.1. The van der Waals surface area contributed by atoms with E-state index in [1.54, 1.807) is 0 Å². The van der Waals surface area contributed by atoms with E-state index < -0.39 is 6.43 Å². The largest absolute Gasteiger partial charge is 0.375 e. The average Bonchev–Trinajstić information content (AvgIpc) is 3.05. The molecule has 5 aliphatic rings. The van der Waals surface area contributed by atoms with Crippen LogP contribution >= 0.6 is 0 Å². The molecule has 2 atom stereocenters. The molecule has 0 aromatic carbocycles. The Bertz CT molecular complexity index is 1010. The molecule has 0 aliphatic carbocycles. The molecule has 0 saturated carbocycles. The molecule has 0 radical (unpaired) electrons. The minimum atomic E-state index is -2.57. The van der Waals surface area contributed by atoms with E-state index in [0.717, 1.165) is 89.1 Å². The van der Waals surface area contributed by atoms with Crippen LogP contribution in [-0.2, 0) is 16.0 Å².